The molecule has 1 amide bonds. The third kappa shape index (κ3) is 9.54. The summed E-state index contributed by atoms with van der Waals surface area (Å²) in [6.07, 6.45) is 3.24. The molecule has 3 heterocycles. The number of piperidine rings is 1. The van der Waals surface area contributed by atoms with Crippen molar-refractivity contribution in [3.05, 3.63) is 135 Å². The van der Waals surface area contributed by atoms with Crippen molar-refractivity contribution < 1.29 is 24.9 Å². The summed E-state index contributed by atoms with van der Waals surface area (Å²) in [7, 11) is 0. The molecule has 1 aliphatic heterocycles. The highest BCUT2D eigenvalue weighted by Gasteiger charge is 2.27. The Bertz CT molecular complexity index is 2380. The fraction of sp³-hybridized carbons (Fsp3) is 0.179. The van der Waals surface area contributed by atoms with E-state index in [0.29, 0.717) is 54.2 Å². The second kappa shape index (κ2) is 19.0. The van der Waals surface area contributed by atoms with Crippen molar-refractivity contribution in [3.63, 3.8) is 0 Å². The van der Waals surface area contributed by atoms with Crippen LogP contribution in [-0.2, 0) is 13.2 Å². The minimum absolute atomic E-state index is 0.174. The number of nitrogens with zero attached hydrogens (tertiary/aromatic N) is 5. The molecule has 6 aromatic rings. The molecular weight excluding hydrogens is 1030 g/mol. The molecule has 7 rings (SSSR count). The first-order chi connectivity index (χ1) is 26.9. The van der Waals surface area contributed by atoms with E-state index in [9.17, 15) is 24.9 Å². The summed E-state index contributed by atoms with van der Waals surface area (Å²) in [4.78, 5) is 33.5. The summed E-state index contributed by atoms with van der Waals surface area (Å²) >= 11 is 29.2. The lowest BCUT2D eigenvalue weighted by Crippen LogP contribution is -2.45. The number of aromatic carboxylic acids is 1. The summed E-state index contributed by atoms with van der Waals surface area (Å²) < 4.78 is 5.46. The van der Waals surface area contributed by atoms with Crippen molar-refractivity contribution in [1.29, 1.82) is 0 Å². The molecule has 17 heteroatoms. The van der Waals surface area contributed by atoms with Crippen molar-refractivity contribution in [2.75, 3.05) is 13.1 Å². The average Bonchev–Trinajstić information content (AvgIpc) is 3.76. The van der Waals surface area contributed by atoms with Crippen LogP contribution >= 0.6 is 91.6 Å². The lowest BCUT2D eigenvalue weighted by atomic mass is 10.2. The molecule has 0 atom stereocenters. The van der Waals surface area contributed by atoms with Gasteiger partial charge in [0.15, 0.2) is 11.4 Å². The number of rotatable bonds is 9. The number of aliphatic hydroxyl groups is 2. The van der Waals surface area contributed by atoms with Crippen LogP contribution < -0.4 is 5.43 Å². The Morgan fingerprint density at radius 1 is 0.643 bits per heavy atom. The molecule has 0 saturated carbocycles. The number of aromatic nitrogens is 4. The number of nitrogens with one attached hydrogen (secondary N) is 1. The average molecular weight is 1060 g/mol. The van der Waals surface area contributed by atoms with E-state index in [4.69, 9.17) is 46.4 Å². The summed E-state index contributed by atoms with van der Waals surface area (Å²) in [5, 5.41) is 33.1. The van der Waals surface area contributed by atoms with Crippen molar-refractivity contribution in [3.8, 4) is 34.2 Å². The van der Waals surface area contributed by atoms with Gasteiger partial charge in [-0.2, -0.15) is 0 Å². The third-order valence-corrected chi connectivity index (χ3v) is 11.3. The van der Waals surface area contributed by atoms with Crippen molar-refractivity contribution in [2.45, 2.75) is 32.5 Å². The number of hydrogen-bond donors (Lipinski definition) is 4. The zero-order chi connectivity index (χ0) is 40.1. The third-order valence-electron chi connectivity index (χ3n) is 8.79. The number of aliphatic hydroxyl groups excluding tert-OH is 2. The molecular formula is C39H32Cl4I2N6O5. The molecule has 0 aliphatic carbocycles. The highest BCUT2D eigenvalue weighted by molar-refractivity contribution is 14.1. The number of carboxylic acids is 1. The Hall–Kier alpha value is -3.26. The van der Waals surface area contributed by atoms with Crippen LogP contribution in [0, 0.1) is 7.14 Å². The van der Waals surface area contributed by atoms with Gasteiger partial charge in [0.25, 0.3) is 5.91 Å². The van der Waals surface area contributed by atoms with Gasteiger partial charge in [-0.25, -0.2) is 19.8 Å². The Labute approximate surface area is 369 Å². The molecule has 4 aromatic carbocycles. The zero-order valence-electron chi connectivity index (χ0n) is 29.2. The molecule has 0 spiro atoms. The fourth-order valence-electron chi connectivity index (χ4n) is 6.19. The first-order valence-corrected chi connectivity index (χ1v) is 20.7. The number of halogens is 6. The van der Waals surface area contributed by atoms with E-state index in [1.54, 1.807) is 45.5 Å². The predicted octanol–water partition coefficient (Wildman–Crippen LogP) is 9.71. The SMILES string of the molecule is O=C(NN1CCCCC1)c1nc(-c2ccc(Cl)cc2Cl)n(-c2ccc(I)cc2)c1CO.O=C(O)c1nc(-c2ccc(Cl)cc2Cl)n(-c2ccc(I)cc2)c1CO. The number of amides is 1. The number of hydrazine groups is 1. The number of carbonyl (C=O) groups is 2. The molecule has 11 nitrogen and oxygen atoms in total. The van der Waals surface area contributed by atoms with Gasteiger partial charge >= 0.3 is 5.97 Å². The monoisotopic (exact) mass is 1060 g/mol. The predicted molar refractivity (Wildman–Crippen MR) is 235 cm³/mol. The van der Waals surface area contributed by atoms with Gasteiger partial charge < -0.3 is 15.3 Å². The lowest BCUT2D eigenvalue weighted by molar-refractivity contribution is 0.0685. The first-order valence-electron chi connectivity index (χ1n) is 17.1. The van der Waals surface area contributed by atoms with Crippen LogP contribution in [0.15, 0.2) is 84.9 Å². The van der Waals surface area contributed by atoms with Crippen LogP contribution in [-0.4, -0.2) is 64.4 Å². The molecule has 1 aliphatic rings. The van der Waals surface area contributed by atoms with E-state index in [1.165, 1.54) is 0 Å². The lowest BCUT2D eigenvalue weighted by Gasteiger charge is -2.26. The smallest absolute Gasteiger partial charge is 0.356 e. The topological polar surface area (TPSA) is 146 Å². The Balaban J connectivity index is 0.000000194. The summed E-state index contributed by atoms with van der Waals surface area (Å²) in [5.41, 5.74) is 6.05. The van der Waals surface area contributed by atoms with Gasteiger partial charge in [-0.15, -0.1) is 0 Å². The molecule has 56 heavy (non-hydrogen) atoms. The van der Waals surface area contributed by atoms with E-state index in [1.807, 2.05) is 53.5 Å². The molecule has 0 unspecified atom stereocenters. The van der Waals surface area contributed by atoms with Crippen LogP contribution in [0.4, 0.5) is 0 Å². The van der Waals surface area contributed by atoms with Gasteiger partial charge in [-0.1, -0.05) is 52.8 Å². The number of hydrogen-bond acceptors (Lipinski definition) is 7. The highest BCUT2D eigenvalue weighted by Crippen LogP contribution is 2.35. The maximum absolute atomic E-state index is 13.1. The highest BCUT2D eigenvalue weighted by atomic mass is 127. The molecule has 1 fully saturated rings. The number of carbonyl (C=O) groups excluding carboxylic acids is 1. The fourth-order valence-corrected chi connectivity index (χ4v) is 7.90. The number of benzene rings is 4. The minimum atomic E-state index is -1.22. The normalized spacial score (nSPS) is 12.9. The first kappa shape index (κ1) is 42.3. The largest absolute Gasteiger partial charge is 0.476 e. The number of imidazole rings is 2. The molecule has 4 N–H and O–H groups in total. The van der Waals surface area contributed by atoms with Crippen molar-refractivity contribution in [2.24, 2.45) is 0 Å². The van der Waals surface area contributed by atoms with E-state index in [-0.39, 0.29) is 29.6 Å². The quantitative estimate of drug-likeness (QED) is 0.105. The van der Waals surface area contributed by atoms with Crippen molar-refractivity contribution >= 4 is 103 Å². The van der Waals surface area contributed by atoms with E-state index >= 15 is 0 Å². The Kier molecular flexibility index (Phi) is 14.4. The second-order valence-corrected chi connectivity index (χ2v) is 16.6. The van der Waals surface area contributed by atoms with Gasteiger partial charge in [0, 0.05) is 52.8 Å². The molecule has 1 saturated heterocycles. The molecule has 2 aromatic heterocycles. The zero-order valence-corrected chi connectivity index (χ0v) is 36.5. The Morgan fingerprint density at radius 3 is 1.48 bits per heavy atom. The number of carboxylic acid groups (broad SMARTS) is 1. The van der Waals surface area contributed by atoms with Gasteiger partial charge in [-0.05, 0) is 143 Å². The van der Waals surface area contributed by atoms with Gasteiger partial charge in [-0.3, -0.25) is 19.4 Å². The molecule has 290 valence electrons. The van der Waals surface area contributed by atoms with Crippen LogP contribution in [0.5, 0.6) is 0 Å². The van der Waals surface area contributed by atoms with Gasteiger partial charge in [0.1, 0.15) is 11.6 Å². The van der Waals surface area contributed by atoms with Crippen LogP contribution in [0.2, 0.25) is 20.1 Å². The van der Waals surface area contributed by atoms with E-state index < -0.39 is 12.6 Å². The van der Waals surface area contributed by atoms with Crippen LogP contribution in [0.25, 0.3) is 34.2 Å². The summed E-state index contributed by atoms with van der Waals surface area (Å²) in [6, 6.07) is 25.2. The van der Waals surface area contributed by atoms with Crippen LogP contribution in [0.3, 0.4) is 0 Å². The van der Waals surface area contributed by atoms with Gasteiger partial charge in [0.05, 0.1) is 34.6 Å². The Morgan fingerprint density at radius 2 is 1.07 bits per heavy atom. The van der Waals surface area contributed by atoms with E-state index in [0.717, 1.165) is 45.2 Å². The maximum Gasteiger partial charge on any atom is 0.356 e. The summed E-state index contributed by atoms with van der Waals surface area (Å²) in [6.45, 7) is 0.764. The molecule has 0 radical (unpaired) electrons. The van der Waals surface area contributed by atoms with Crippen molar-refractivity contribution in [1.82, 2.24) is 29.5 Å². The maximum atomic E-state index is 13.1. The molecule has 0 bridgehead atoms. The van der Waals surface area contributed by atoms with Crippen LogP contribution in [0.1, 0.15) is 51.6 Å². The standard InChI is InChI=1S/C22H21Cl2IN4O2.C17H11Cl2IN2O3/c23-14-4-9-17(18(24)12-14)21-26-20(22(31)27-28-10-2-1-3-11-28)19(13-30)29(21)16-7-5-15(25)6-8-16;18-9-1-6-12(13(19)7-9)16-21-15(17(24)25)14(8-23)22(16)11-4-2-10(20)3-5-11/h4-9,12,30H,1-3,10-11,13H2,(H,27,31);1-7,23H,8H2,(H,24,25). The van der Waals surface area contributed by atoms with E-state index in [2.05, 4.69) is 60.6 Å². The minimum Gasteiger partial charge on any atom is -0.476 e. The summed E-state index contributed by atoms with van der Waals surface area (Å²) in [5.74, 6) is -0.777. The second-order valence-electron chi connectivity index (χ2n) is 12.4. The van der Waals surface area contributed by atoms with Gasteiger partial charge in [0.2, 0.25) is 0 Å².